The van der Waals surface area contributed by atoms with Crippen molar-refractivity contribution in [3.8, 4) is 11.5 Å². The lowest BCUT2D eigenvalue weighted by atomic mass is 10.1. The van der Waals surface area contributed by atoms with Crippen molar-refractivity contribution in [2.75, 3.05) is 32.8 Å². The molecule has 2 aromatic carbocycles. The molecule has 138 valence electrons. The number of rotatable bonds is 6. The Morgan fingerprint density at radius 3 is 2.77 bits per heavy atom. The van der Waals surface area contributed by atoms with Crippen LogP contribution in [0.3, 0.4) is 0 Å². The quantitative estimate of drug-likeness (QED) is 0.776. The zero-order valence-electron chi connectivity index (χ0n) is 14.8. The summed E-state index contributed by atoms with van der Waals surface area (Å²) in [6.45, 7) is 6.15. The van der Waals surface area contributed by atoms with Crippen LogP contribution in [0.1, 0.15) is 17.3 Å². The van der Waals surface area contributed by atoms with E-state index in [9.17, 15) is 4.79 Å². The molecular formula is C20H23BrN2O3. The van der Waals surface area contributed by atoms with E-state index in [2.05, 4.69) is 26.1 Å². The molecule has 1 amide bonds. The molecule has 0 saturated carbocycles. The first-order valence-electron chi connectivity index (χ1n) is 8.75. The van der Waals surface area contributed by atoms with Crippen molar-refractivity contribution in [3.63, 3.8) is 0 Å². The van der Waals surface area contributed by atoms with Gasteiger partial charge in [0, 0.05) is 30.1 Å². The topological polar surface area (TPSA) is 50.8 Å². The van der Waals surface area contributed by atoms with E-state index in [1.807, 2.05) is 49.4 Å². The van der Waals surface area contributed by atoms with Gasteiger partial charge in [-0.25, -0.2) is 0 Å². The van der Waals surface area contributed by atoms with Crippen LogP contribution in [0.4, 0.5) is 0 Å². The highest BCUT2D eigenvalue weighted by molar-refractivity contribution is 9.10. The lowest BCUT2D eigenvalue weighted by molar-refractivity contribution is 0.0342. The maximum absolute atomic E-state index is 12.7. The maximum Gasteiger partial charge on any atom is 0.255 e. The summed E-state index contributed by atoms with van der Waals surface area (Å²) in [5, 5.41) is 3.07. The maximum atomic E-state index is 12.7. The molecule has 0 aromatic heterocycles. The van der Waals surface area contributed by atoms with Crippen molar-refractivity contribution in [2.45, 2.75) is 13.0 Å². The Balaban J connectivity index is 1.65. The molecule has 1 aliphatic heterocycles. The number of nitrogens with zero attached hydrogens (tertiary/aromatic N) is 1. The number of amides is 1. The van der Waals surface area contributed by atoms with Gasteiger partial charge in [-0.3, -0.25) is 9.69 Å². The molecule has 1 aliphatic rings. The van der Waals surface area contributed by atoms with E-state index in [1.165, 1.54) is 0 Å². The molecule has 0 aliphatic carbocycles. The molecule has 5 nitrogen and oxygen atoms in total. The van der Waals surface area contributed by atoms with Gasteiger partial charge in [-0.15, -0.1) is 0 Å². The van der Waals surface area contributed by atoms with E-state index in [0.717, 1.165) is 37.3 Å². The number of benzene rings is 2. The second-order valence-corrected chi connectivity index (χ2v) is 7.26. The minimum absolute atomic E-state index is 0.0412. The molecule has 2 aromatic rings. The van der Waals surface area contributed by atoms with Gasteiger partial charge >= 0.3 is 0 Å². The van der Waals surface area contributed by atoms with Crippen LogP contribution in [-0.4, -0.2) is 49.7 Å². The summed E-state index contributed by atoms with van der Waals surface area (Å²) in [5.74, 6) is 1.10. The Bertz CT molecular complexity index is 747. The van der Waals surface area contributed by atoms with Gasteiger partial charge in [-0.2, -0.15) is 0 Å². The Morgan fingerprint density at radius 2 is 2.00 bits per heavy atom. The van der Waals surface area contributed by atoms with Crippen molar-refractivity contribution in [3.05, 3.63) is 58.6 Å². The number of para-hydroxylation sites is 1. The molecule has 26 heavy (non-hydrogen) atoms. The third-order valence-electron chi connectivity index (χ3n) is 4.17. The van der Waals surface area contributed by atoms with E-state index < -0.39 is 0 Å². The summed E-state index contributed by atoms with van der Waals surface area (Å²) < 4.78 is 12.2. The van der Waals surface area contributed by atoms with Crippen LogP contribution in [0.5, 0.6) is 11.5 Å². The Kier molecular flexibility index (Phi) is 6.66. The summed E-state index contributed by atoms with van der Waals surface area (Å²) in [6, 6.07) is 14.9. The molecule has 0 spiro atoms. The first-order chi connectivity index (χ1) is 12.6. The first kappa shape index (κ1) is 18.9. The number of ether oxygens (including phenoxy) is 2. The zero-order valence-corrected chi connectivity index (χ0v) is 16.4. The number of carbonyl (C=O) groups excluding carboxylic acids is 1. The minimum Gasteiger partial charge on any atom is -0.456 e. The molecule has 6 heteroatoms. The van der Waals surface area contributed by atoms with Gasteiger partial charge in [-0.1, -0.05) is 34.1 Å². The van der Waals surface area contributed by atoms with Crippen molar-refractivity contribution in [1.82, 2.24) is 10.2 Å². The fourth-order valence-electron chi connectivity index (χ4n) is 2.92. The highest BCUT2D eigenvalue weighted by Gasteiger charge is 2.18. The van der Waals surface area contributed by atoms with Crippen molar-refractivity contribution >= 4 is 21.8 Å². The Morgan fingerprint density at radius 1 is 1.23 bits per heavy atom. The van der Waals surface area contributed by atoms with Crippen LogP contribution in [0.25, 0.3) is 0 Å². The molecule has 0 bridgehead atoms. The number of halogens is 1. The SMILES string of the molecule is CC(CN1CCOCC1)NC(=O)c1ccccc1Oc1cccc(Br)c1. The number of hydrogen-bond acceptors (Lipinski definition) is 4. The fraction of sp³-hybridized carbons (Fsp3) is 0.350. The number of morpholine rings is 1. The lowest BCUT2D eigenvalue weighted by Crippen LogP contribution is -2.46. The Labute approximate surface area is 162 Å². The predicted octanol–water partition coefficient (Wildman–Crippen LogP) is 3.69. The van der Waals surface area contributed by atoms with Crippen molar-refractivity contribution in [2.24, 2.45) is 0 Å². The number of carbonyl (C=O) groups is 1. The normalized spacial score (nSPS) is 16.1. The van der Waals surface area contributed by atoms with E-state index in [-0.39, 0.29) is 11.9 Å². The highest BCUT2D eigenvalue weighted by Crippen LogP contribution is 2.27. The standard InChI is InChI=1S/C20H23BrN2O3/c1-15(14-23-9-11-25-12-10-23)22-20(24)18-7-2-3-8-19(18)26-17-6-4-5-16(21)13-17/h2-8,13,15H,9-12,14H2,1H3,(H,22,24). The lowest BCUT2D eigenvalue weighted by Gasteiger charge is -2.29. The monoisotopic (exact) mass is 418 g/mol. The van der Waals surface area contributed by atoms with Gasteiger partial charge < -0.3 is 14.8 Å². The van der Waals surface area contributed by atoms with E-state index in [0.29, 0.717) is 17.1 Å². The predicted molar refractivity (Wildman–Crippen MR) is 105 cm³/mol. The van der Waals surface area contributed by atoms with Crippen LogP contribution >= 0.6 is 15.9 Å². The van der Waals surface area contributed by atoms with Gasteiger partial charge in [0.1, 0.15) is 11.5 Å². The molecule has 1 N–H and O–H groups in total. The molecule has 1 atom stereocenters. The van der Waals surface area contributed by atoms with Crippen LogP contribution in [0.2, 0.25) is 0 Å². The van der Waals surface area contributed by atoms with Gasteiger partial charge in [0.05, 0.1) is 18.8 Å². The van der Waals surface area contributed by atoms with E-state index in [4.69, 9.17) is 9.47 Å². The second-order valence-electron chi connectivity index (χ2n) is 6.34. The van der Waals surface area contributed by atoms with Crippen molar-refractivity contribution < 1.29 is 14.3 Å². The molecule has 0 radical (unpaired) electrons. The fourth-order valence-corrected chi connectivity index (χ4v) is 3.30. The van der Waals surface area contributed by atoms with Crippen LogP contribution in [-0.2, 0) is 4.74 Å². The summed E-state index contributed by atoms with van der Waals surface area (Å²) in [5.41, 5.74) is 0.529. The van der Waals surface area contributed by atoms with Crippen molar-refractivity contribution in [1.29, 1.82) is 0 Å². The molecule has 1 heterocycles. The Hall–Kier alpha value is -1.89. The largest absolute Gasteiger partial charge is 0.456 e. The molecule has 1 unspecified atom stereocenters. The van der Waals surface area contributed by atoms with Gasteiger partial charge in [0.15, 0.2) is 0 Å². The van der Waals surface area contributed by atoms with E-state index >= 15 is 0 Å². The number of nitrogens with one attached hydrogen (secondary N) is 1. The second kappa shape index (κ2) is 9.16. The van der Waals surface area contributed by atoms with Crippen LogP contribution in [0, 0.1) is 0 Å². The van der Waals surface area contributed by atoms with Gasteiger partial charge in [0.2, 0.25) is 0 Å². The first-order valence-corrected chi connectivity index (χ1v) is 9.54. The average molecular weight is 419 g/mol. The summed E-state index contributed by atoms with van der Waals surface area (Å²) in [7, 11) is 0. The van der Waals surface area contributed by atoms with Crippen LogP contribution < -0.4 is 10.1 Å². The molecular weight excluding hydrogens is 396 g/mol. The highest BCUT2D eigenvalue weighted by atomic mass is 79.9. The average Bonchev–Trinajstić information content (AvgIpc) is 2.63. The third kappa shape index (κ3) is 5.30. The molecule has 3 rings (SSSR count). The molecule has 1 fully saturated rings. The smallest absolute Gasteiger partial charge is 0.255 e. The third-order valence-corrected chi connectivity index (χ3v) is 4.66. The van der Waals surface area contributed by atoms with E-state index in [1.54, 1.807) is 6.07 Å². The van der Waals surface area contributed by atoms with Gasteiger partial charge in [-0.05, 0) is 37.3 Å². The number of hydrogen-bond donors (Lipinski definition) is 1. The zero-order chi connectivity index (χ0) is 18.4. The summed E-state index contributed by atoms with van der Waals surface area (Å²) in [4.78, 5) is 15.0. The van der Waals surface area contributed by atoms with Crippen LogP contribution in [0.15, 0.2) is 53.0 Å². The molecule has 1 saturated heterocycles. The summed E-state index contributed by atoms with van der Waals surface area (Å²) >= 11 is 3.43. The van der Waals surface area contributed by atoms with Gasteiger partial charge in [0.25, 0.3) is 5.91 Å². The summed E-state index contributed by atoms with van der Waals surface area (Å²) in [6.07, 6.45) is 0. The minimum atomic E-state index is -0.128.